The number of hydrogen-bond donors (Lipinski definition) is 1. The Morgan fingerprint density at radius 2 is 1.73 bits per heavy atom. The highest BCUT2D eigenvalue weighted by Crippen LogP contribution is 2.39. The van der Waals surface area contributed by atoms with Gasteiger partial charge in [-0.15, -0.1) is 0 Å². The van der Waals surface area contributed by atoms with Gasteiger partial charge in [0.25, 0.3) is 0 Å². The summed E-state index contributed by atoms with van der Waals surface area (Å²) in [6, 6.07) is 0. The van der Waals surface area contributed by atoms with Gasteiger partial charge in [-0.25, -0.2) is 0 Å². The smallest absolute Gasteiger partial charge is 0.123 e. The Morgan fingerprint density at radius 1 is 1.00 bits per heavy atom. The molecule has 2 saturated carbocycles. The van der Waals surface area contributed by atoms with E-state index in [1.165, 1.54) is 32.1 Å². The Bertz CT molecular complexity index is 209. The molecule has 0 aromatic carbocycles. The van der Waals surface area contributed by atoms with Gasteiger partial charge in [-0.3, -0.25) is 0 Å². The van der Waals surface area contributed by atoms with Crippen LogP contribution in [-0.4, -0.2) is 17.5 Å². The van der Waals surface area contributed by atoms with Gasteiger partial charge in [0.15, 0.2) is 0 Å². The molecule has 2 fully saturated rings. The van der Waals surface area contributed by atoms with Gasteiger partial charge in [0.1, 0.15) is 6.29 Å². The first-order valence-corrected chi connectivity index (χ1v) is 6.44. The van der Waals surface area contributed by atoms with E-state index in [0.29, 0.717) is 12.3 Å². The van der Waals surface area contributed by atoms with Crippen molar-refractivity contribution >= 4 is 6.29 Å². The number of aliphatic hydroxyl groups is 1. The number of aliphatic hydroxyl groups excluding tert-OH is 1. The standard InChI is InChI=1S/C13H22O2/c14-9-10-6-7-12(13(15)8-10)11-4-2-1-3-5-11/h9-13,15H,1-8H2. The van der Waals surface area contributed by atoms with Gasteiger partial charge in [0.05, 0.1) is 6.10 Å². The van der Waals surface area contributed by atoms with E-state index in [1.807, 2.05) is 0 Å². The number of rotatable bonds is 2. The summed E-state index contributed by atoms with van der Waals surface area (Å²) < 4.78 is 0. The van der Waals surface area contributed by atoms with Crippen LogP contribution in [0.2, 0.25) is 0 Å². The molecule has 2 rings (SSSR count). The van der Waals surface area contributed by atoms with E-state index in [4.69, 9.17) is 0 Å². The largest absolute Gasteiger partial charge is 0.393 e. The SMILES string of the molecule is O=CC1CCC(C2CCCCC2)C(O)C1. The summed E-state index contributed by atoms with van der Waals surface area (Å²) in [5.41, 5.74) is 0. The molecule has 0 aromatic rings. The van der Waals surface area contributed by atoms with Crippen molar-refractivity contribution in [1.29, 1.82) is 0 Å². The lowest BCUT2D eigenvalue weighted by atomic mass is 9.70. The van der Waals surface area contributed by atoms with Gasteiger partial charge in [-0.2, -0.15) is 0 Å². The molecule has 86 valence electrons. The first-order chi connectivity index (χ1) is 7.31. The average molecular weight is 210 g/mol. The first kappa shape index (κ1) is 11.1. The zero-order valence-corrected chi connectivity index (χ0v) is 9.40. The molecule has 0 amide bonds. The van der Waals surface area contributed by atoms with E-state index < -0.39 is 0 Å². The summed E-state index contributed by atoms with van der Waals surface area (Å²) in [7, 11) is 0. The molecule has 0 aromatic heterocycles. The van der Waals surface area contributed by atoms with Crippen LogP contribution in [0.15, 0.2) is 0 Å². The predicted octanol–water partition coefficient (Wildman–Crippen LogP) is 2.54. The monoisotopic (exact) mass is 210 g/mol. The fraction of sp³-hybridized carbons (Fsp3) is 0.923. The van der Waals surface area contributed by atoms with Crippen LogP contribution in [0, 0.1) is 17.8 Å². The van der Waals surface area contributed by atoms with Gasteiger partial charge < -0.3 is 9.90 Å². The Hall–Kier alpha value is -0.370. The first-order valence-electron chi connectivity index (χ1n) is 6.44. The Morgan fingerprint density at radius 3 is 2.33 bits per heavy atom. The number of hydrogen-bond acceptors (Lipinski definition) is 2. The van der Waals surface area contributed by atoms with Crippen molar-refractivity contribution in [3.05, 3.63) is 0 Å². The minimum absolute atomic E-state index is 0.125. The molecule has 3 atom stereocenters. The normalized spacial score (nSPS) is 38.9. The summed E-state index contributed by atoms with van der Waals surface area (Å²) in [4.78, 5) is 10.7. The van der Waals surface area contributed by atoms with Crippen molar-refractivity contribution < 1.29 is 9.90 Å². The maximum Gasteiger partial charge on any atom is 0.123 e. The topological polar surface area (TPSA) is 37.3 Å². The lowest BCUT2D eigenvalue weighted by Crippen LogP contribution is -2.35. The highest BCUT2D eigenvalue weighted by molar-refractivity contribution is 5.53. The Kier molecular flexibility index (Phi) is 3.79. The van der Waals surface area contributed by atoms with Crippen molar-refractivity contribution in [3.8, 4) is 0 Å². The van der Waals surface area contributed by atoms with Crippen molar-refractivity contribution in [3.63, 3.8) is 0 Å². The molecule has 0 aliphatic heterocycles. The summed E-state index contributed by atoms with van der Waals surface area (Å²) in [6.07, 6.45) is 10.2. The van der Waals surface area contributed by atoms with Crippen molar-refractivity contribution in [1.82, 2.24) is 0 Å². The molecular formula is C13H22O2. The molecule has 1 N–H and O–H groups in total. The maximum absolute atomic E-state index is 10.7. The van der Waals surface area contributed by atoms with Crippen LogP contribution in [0.3, 0.4) is 0 Å². The van der Waals surface area contributed by atoms with Crippen LogP contribution in [0.25, 0.3) is 0 Å². The van der Waals surface area contributed by atoms with Crippen molar-refractivity contribution in [2.75, 3.05) is 0 Å². The molecule has 2 heteroatoms. The highest BCUT2D eigenvalue weighted by Gasteiger charge is 2.34. The minimum Gasteiger partial charge on any atom is -0.393 e. The Labute approximate surface area is 92.1 Å². The van der Waals surface area contributed by atoms with Crippen molar-refractivity contribution in [2.24, 2.45) is 17.8 Å². The van der Waals surface area contributed by atoms with Gasteiger partial charge in [0.2, 0.25) is 0 Å². The second-order valence-corrected chi connectivity index (χ2v) is 5.34. The molecule has 2 aliphatic rings. The average Bonchev–Trinajstić information content (AvgIpc) is 2.30. The summed E-state index contributed by atoms with van der Waals surface area (Å²) >= 11 is 0. The molecular weight excluding hydrogens is 188 g/mol. The van der Waals surface area contributed by atoms with Gasteiger partial charge >= 0.3 is 0 Å². The molecule has 0 spiro atoms. The fourth-order valence-electron chi connectivity index (χ4n) is 3.44. The van der Waals surface area contributed by atoms with E-state index in [9.17, 15) is 9.90 Å². The van der Waals surface area contributed by atoms with Crippen LogP contribution in [-0.2, 0) is 4.79 Å². The fourth-order valence-corrected chi connectivity index (χ4v) is 3.44. The van der Waals surface area contributed by atoms with Crippen LogP contribution in [0.5, 0.6) is 0 Å². The van der Waals surface area contributed by atoms with Gasteiger partial charge in [-0.05, 0) is 31.1 Å². The molecule has 2 aliphatic carbocycles. The van der Waals surface area contributed by atoms with E-state index in [-0.39, 0.29) is 12.0 Å². The van der Waals surface area contributed by atoms with E-state index in [1.54, 1.807) is 0 Å². The lowest BCUT2D eigenvalue weighted by Gasteiger charge is -2.38. The third kappa shape index (κ3) is 2.60. The zero-order chi connectivity index (χ0) is 10.7. The molecule has 0 heterocycles. The predicted molar refractivity (Wildman–Crippen MR) is 59.5 cm³/mol. The van der Waals surface area contributed by atoms with Gasteiger partial charge in [-0.1, -0.05) is 32.1 Å². The number of carbonyl (C=O) groups is 1. The van der Waals surface area contributed by atoms with Crippen molar-refractivity contribution in [2.45, 2.75) is 57.5 Å². The van der Waals surface area contributed by atoms with Crippen LogP contribution >= 0.6 is 0 Å². The molecule has 3 unspecified atom stereocenters. The summed E-state index contributed by atoms with van der Waals surface area (Å²) in [5.74, 6) is 1.35. The molecule has 15 heavy (non-hydrogen) atoms. The second kappa shape index (κ2) is 5.11. The van der Waals surface area contributed by atoms with Gasteiger partial charge in [0, 0.05) is 5.92 Å². The van der Waals surface area contributed by atoms with Crippen LogP contribution in [0.4, 0.5) is 0 Å². The third-order valence-corrected chi connectivity index (χ3v) is 4.36. The lowest BCUT2D eigenvalue weighted by molar-refractivity contribution is -0.114. The van der Waals surface area contributed by atoms with E-state index in [0.717, 1.165) is 25.0 Å². The van der Waals surface area contributed by atoms with E-state index >= 15 is 0 Å². The van der Waals surface area contributed by atoms with E-state index in [2.05, 4.69) is 0 Å². The molecule has 2 nitrogen and oxygen atoms in total. The third-order valence-electron chi connectivity index (χ3n) is 4.36. The highest BCUT2D eigenvalue weighted by atomic mass is 16.3. The maximum atomic E-state index is 10.7. The van der Waals surface area contributed by atoms with Crippen LogP contribution in [0.1, 0.15) is 51.4 Å². The minimum atomic E-state index is -0.211. The second-order valence-electron chi connectivity index (χ2n) is 5.34. The quantitative estimate of drug-likeness (QED) is 0.711. The molecule has 0 bridgehead atoms. The Balaban J connectivity index is 1.89. The summed E-state index contributed by atoms with van der Waals surface area (Å²) in [5, 5.41) is 10.1. The van der Waals surface area contributed by atoms with Crippen LogP contribution < -0.4 is 0 Å². The summed E-state index contributed by atoms with van der Waals surface area (Å²) in [6.45, 7) is 0. The zero-order valence-electron chi connectivity index (χ0n) is 9.40. The molecule has 0 saturated heterocycles. The molecule has 0 radical (unpaired) electrons. The number of carbonyl (C=O) groups excluding carboxylic acids is 1. The number of aldehydes is 1.